The molecule has 2 fully saturated rings. The van der Waals surface area contributed by atoms with Crippen LogP contribution in [-0.2, 0) is 12.0 Å². The van der Waals surface area contributed by atoms with Crippen molar-refractivity contribution in [1.29, 1.82) is 0 Å². The van der Waals surface area contributed by atoms with E-state index in [9.17, 15) is 9.18 Å². The van der Waals surface area contributed by atoms with Gasteiger partial charge in [0.05, 0.1) is 11.7 Å². The van der Waals surface area contributed by atoms with Gasteiger partial charge in [-0.25, -0.2) is 13.9 Å². The van der Waals surface area contributed by atoms with Crippen molar-refractivity contribution < 1.29 is 9.18 Å². The number of fused-ring (bicyclic) bond motifs is 3. The molecule has 1 spiro atoms. The number of hydrogen-bond donors (Lipinski definition) is 1. The standard InChI is InChI=1S/C22H22FN5O/c1-13-2-3-14-4-5-16(23)10-17(14)22-11-15(22)8-9-27(22)20-7-6-19-24-12-18(21(29)25-13)28(19)26-20/h4-7,10,12-13,15H,2-3,8-9,11H2,1H3,(H,25,29)/t13-,15+,22-/m1/s1. The van der Waals surface area contributed by atoms with E-state index in [0.717, 1.165) is 43.6 Å². The molecule has 3 aliphatic rings. The van der Waals surface area contributed by atoms with Crippen LogP contribution in [0, 0.1) is 11.7 Å². The van der Waals surface area contributed by atoms with Gasteiger partial charge in [-0.05, 0) is 73.9 Å². The summed E-state index contributed by atoms with van der Waals surface area (Å²) in [5.41, 5.74) is 3.16. The largest absolute Gasteiger partial charge is 0.348 e. The monoisotopic (exact) mass is 391 g/mol. The second kappa shape index (κ2) is 5.78. The Labute approximate surface area is 167 Å². The number of carbonyl (C=O) groups is 1. The van der Waals surface area contributed by atoms with Crippen molar-refractivity contribution in [3.05, 3.63) is 59.2 Å². The Morgan fingerprint density at radius 1 is 1.24 bits per heavy atom. The fourth-order valence-corrected chi connectivity index (χ4v) is 5.34. The van der Waals surface area contributed by atoms with E-state index in [1.165, 1.54) is 5.56 Å². The Morgan fingerprint density at radius 3 is 3.00 bits per heavy atom. The van der Waals surface area contributed by atoms with E-state index in [0.29, 0.717) is 17.3 Å². The van der Waals surface area contributed by atoms with Gasteiger partial charge < -0.3 is 10.2 Å². The number of amides is 1. The molecule has 1 amide bonds. The third-order valence-electron chi connectivity index (χ3n) is 6.88. The molecule has 0 radical (unpaired) electrons. The topological polar surface area (TPSA) is 62.5 Å². The molecule has 3 atom stereocenters. The highest BCUT2D eigenvalue weighted by Gasteiger charge is 2.64. The Balaban J connectivity index is 1.57. The maximum atomic E-state index is 14.3. The first-order chi connectivity index (χ1) is 14.1. The van der Waals surface area contributed by atoms with Gasteiger partial charge in [0, 0.05) is 12.6 Å². The Kier molecular flexibility index (Phi) is 3.38. The van der Waals surface area contributed by atoms with Crippen LogP contribution < -0.4 is 10.2 Å². The van der Waals surface area contributed by atoms with Crippen molar-refractivity contribution in [2.45, 2.75) is 44.2 Å². The summed E-state index contributed by atoms with van der Waals surface area (Å²) in [5, 5.41) is 7.85. The number of anilines is 1. The molecule has 3 aromatic rings. The summed E-state index contributed by atoms with van der Waals surface area (Å²) in [5.74, 6) is 0.965. The zero-order chi connectivity index (χ0) is 19.8. The minimum atomic E-state index is -0.193. The highest BCUT2D eigenvalue weighted by atomic mass is 19.1. The number of rotatable bonds is 0. The molecular weight excluding hydrogens is 369 g/mol. The number of piperidine rings is 1. The molecule has 2 bridgehead atoms. The second-order valence-electron chi connectivity index (χ2n) is 8.59. The van der Waals surface area contributed by atoms with Crippen molar-refractivity contribution in [3.63, 3.8) is 0 Å². The normalized spacial score (nSPS) is 28.1. The number of nitrogens with one attached hydrogen (secondary N) is 1. The molecule has 0 unspecified atom stereocenters. The predicted molar refractivity (Wildman–Crippen MR) is 106 cm³/mol. The highest BCUT2D eigenvalue weighted by Crippen LogP contribution is 2.64. The molecule has 1 aliphatic carbocycles. The molecule has 29 heavy (non-hydrogen) atoms. The lowest BCUT2D eigenvalue weighted by atomic mass is 9.92. The van der Waals surface area contributed by atoms with Gasteiger partial charge in [-0.3, -0.25) is 4.79 Å². The number of hydrogen-bond acceptors (Lipinski definition) is 4. The van der Waals surface area contributed by atoms with Gasteiger partial charge in [0.1, 0.15) is 11.6 Å². The summed E-state index contributed by atoms with van der Waals surface area (Å²) in [4.78, 5) is 19.5. The molecule has 148 valence electrons. The number of halogens is 1. The smallest absolute Gasteiger partial charge is 0.271 e. The summed E-state index contributed by atoms with van der Waals surface area (Å²) < 4.78 is 15.9. The second-order valence-corrected chi connectivity index (χ2v) is 8.59. The average Bonchev–Trinajstić information content (AvgIpc) is 3.09. The quantitative estimate of drug-likeness (QED) is 0.640. The first-order valence-corrected chi connectivity index (χ1v) is 10.3. The molecular formula is C22H22FN5O. The lowest BCUT2D eigenvalue weighted by Gasteiger charge is -2.31. The maximum Gasteiger partial charge on any atom is 0.271 e. The van der Waals surface area contributed by atoms with Gasteiger partial charge in [-0.15, -0.1) is 5.10 Å². The van der Waals surface area contributed by atoms with Gasteiger partial charge in [0.2, 0.25) is 0 Å². The molecule has 7 heteroatoms. The Bertz CT molecular complexity index is 1160. The zero-order valence-corrected chi connectivity index (χ0v) is 16.2. The number of aromatic nitrogens is 3. The fraction of sp³-hybridized carbons (Fsp3) is 0.409. The maximum absolute atomic E-state index is 14.3. The van der Waals surface area contributed by atoms with Crippen molar-refractivity contribution in [2.75, 3.05) is 11.4 Å². The minimum Gasteiger partial charge on any atom is -0.348 e. The minimum absolute atomic E-state index is 0.0120. The van der Waals surface area contributed by atoms with Gasteiger partial charge in [-0.1, -0.05) is 6.07 Å². The Morgan fingerprint density at radius 2 is 2.14 bits per heavy atom. The van der Waals surface area contributed by atoms with Crippen molar-refractivity contribution in [1.82, 2.24) is 19.9 Å². The fourth-order valence-electron chi connectivity index (χ4n) is 5.34. The molecule has 1 saturated heterocycles. The van der Waals surface area contributed by atoms with Crippen LogP contribution in [0.25, 0.3) is 5.65 Å². The molecule has 6 nitrogen and oxygen atoms in total. The van der Waals surface area contributed by atoms with Gasteiger partial charge >= 0.3 is 0 Å². The summed E-state index contributed by atoms with van der Waals surface area (Å²) in [6.45, 7) is 2.88. The molecule has 6 rings (SSSR count). The predicted octanol–water partition coefficient (Wildman–Crippen LogP) is 3.06. The van der Waals surface area contributed by atoms with Crippen LogP contribution in [-0.4, -0.2) is 33.1 Å². The van der Waals surface area contributed by atoms with Crippen molar-refractivity contribution in [3.8, 4) is 0 Å². The van der Waals surface area contributed by atoms with E-state index < -0.39 is 0 Å². The first kappa shape index (κ1) is 16.9. The highest BCUT2D eigenvalue weighted by molar-refractivity contribution is 5.93. The van der Waals surface area contributed by atoms with E-state index in [4.69, 9.17) is 5.10 Å². The lowest BCUT2D eigenvalue weighted by Crippen LogP contribution is -2.34. The summed E-state index contributed by atoms with van der Waals surface area (Å²) in [6, 6.07) is 9.05. The lowest BCUT2D eigenvalue weighted by molar-refractivity contribution is 0.0931. The van der Waals surface area contributed by atoms with Gasteiger partial charge in [0.25, 0.3) is 5.91 Å². The van der Waals surface area contributed by atoms with Crippen LogP contribution in [0.15, 0.2) is 36.5 Å². The van der Waals surface area contributed by atoms with E-state index in [2.05, 4.69) is 15.2 Å². The number of nitrogens with zero attached hydrogens (tertiary/aromatic N) is 4. The Hall–Kier alpha value is -2.96. The summed E-state index contributed by atoms with van der Waals surface area (Å²) >= 11 is 0. The van der Waals surface area contributed by atoms with Crippen LogP contribution >= 0.6 is 0 Å². The van der Waals surface area contributed by atoms with E-state index in [1.54, 1.807) is 22.8 Å². The SMILES string of the molecule is C[C@@H]1CCc2ccc(F)cc2[C@@]23C[C@@H]2CCN3c2ccc3ncc(n3n2)C(=O)N1. The van der Waals surface area contributed by atoms with Crippen LogP contribution in [0.3, 0.4) is 0 Å². The van der Waals surface area contributed by atoms with Crippen LogP contribution in [0.5, 0.6) is 0 Å². The summed E-state index contributed by atoms with van der Waals surface area (Å²) in [6.07, 6.45) is 5.26. The van der Waals surface area contributed by atoms with Crippen molar-refractivity contribution in [2.24, 2.45) is 5.92 Å². The number of imidazole rings is 1. The van der Waals surface area contributed by atoms with E-state index in [-0.39, 0.29) is 23.3 Å². The number of benzene rings is 1. The van der Waals surface area contributed by atoms with Crippen molar-refractivity contribution >= 4 is 17.4 Å². The molecule has 4 heterocycles. The molecule has 2 aliphatic heterocycles. The van der Waals surface area contributed by atoms with Crippen LogP contribution in [0.1, 0.15) is 47.8 Å². The molecule has 1 aromatic carbocycles. The third kappa shape index (κ3) is 2.36. The average molecular weight is 391 g/mol. The van der Waals surface area contributed by atoms with Crippen LogP contribution in [0.4, 0.5) is 10.2 Å². The number of aryl methyl sites for hydroxylation is 1. The zero-order valence-electron chi connectivity index (χ0n) is 16.2. The number of carbonyl (C=O) groups excluding carboxylic acids is 1. The van der Waals surface area contributed by atoms with Crippen LogP contribution in [0.2, 0.25) is 0 Å². The van der Waals surface area contributed by atoms with Gasteiger partial charge in [-0.2, -0.15) is 0 Å². The molecule has 1 saturated carbocycles. The first-order valence-electron chi connectivity index (χ1n) is 10.3. The summed E-state index contributed by atoms with van der Waals surface area (Å²) in [7, 11) is 0. The van der Waals surface area contributed by atoms with E-state index in [1.807, 2.05) is 25.1 Å². The van der Waals surface area contributed by atoms with E-state index >= 15 is 0 Å². The van der Waals surface area contributed by atoms with Gasteiger partial charge in [0.15, 0.2) is 11.3 Å². The molecule has 2 aromatic heterocycles. The third-order valence-corrected chi connectivity index (χ3v) is 6.88. The molecule has 1 N–H and O–H groups in total.